The largest absolute Gasteiger partial charge is 0.379 e. The highest BCUT2D eigenvalue weighted by Gasteiger charge is 2.20. The van der Waals surface area contributed by atoms with Crippen molar-refractivity contribution in [3.8, 4) is 16.9 Å². The van der Waals surface area contributed by atoms with Crippen molar-refractivity contribution in [3.05, 3.63) is 66.4 Å². The zero-order valence-electron chi connectivity index (χ0n) is 20.4. The van der Waals surface area contributed by atoms with Crippen LogP contribution in [0.25, 0.3) is 16.9 Å². The van der Waals surface area contributed by atoms with Gasteiger partial charge in [-0.3, -0.25) is 24.4 Å². The summed E-state index contributed by atoms with van der Waals surface area (Å²) < 4.78 is 7.27. The summed E-state index contributed by atoms with van der Waals surface area (Å²) in [5.74, 6) is 0.113. The maximum atomic E-state index is 13.1. The molecule has 184 valence electrons. The average molecular weight is 476 g/mol. The number of hydrogen-bond donors (Lipinski definition) is 1. The van der Waals surface area contributed by atoms with E-state index in [1.807, 2.05) is 79.2 Å². The molecule has 1 saturated heterocycles. The maximum absolute atomic E-state index is 13.1. The number of carbonyl (C=O) groups is 2. The predicted octanol–water partition coefficient (Wildman–Crippen LogP) is 3.36. The van der Waals surface area contributed by atoms with Crippen molar-refractivity contribution in [2.45, 2.75) is 20.3 Å². The van der Waals surface area contributed by atoms with E-state index < -0.39 is 0 Å². The molecule has 2 aromatic carbocycles. The summed E-state index contributed by atoms with van der Waals surface area (Å²) in [6.07, 6.45) is 2.27. The number of carbonyl (C=O) groups excluding carboxylic acids is 2. The number of ether oxygens (including phenoxy) is 1. The fraction of sp³-hybridized carbons (Fsp3) is 0.370. The molecule has 0 atom stereocenters. The highest BCUT2D eigenvalue weighted by molar-refractivity contribution is 5.93. The van der Waals surface area contributed by atoms with Crippen LogP contribution in [0, 0.1) is 6.92 Å². The highest BCUT2D eigenvalue weighted by Crippen LogP contribution is 2.24. The van der Waals surface area contributed by atoms with Gasteiger partial charge in [0, 0.05) is 50.0 Å². The molecular weight excluding hydrogens is 442 g/mol. The Kier molecular flexibility index (Phi) is 8.28. The first kappa shape index (κ1) is 24.6. The third-order valence-corrected chi connectivity index (χ3v) is 6.12. The third-order valence-electron chi connectivity index (χ3n) is 6.12. The number of nitrogens with one attached hydrogen (secondary N) is 1. The van der Waals surface area contributed by atoms with Gasteiger partial charge in [-0.1, -0.05) is 55.0 Å². The van der Waals surface area contributed by atoms with Crippen LogP contribution < -0.4 is 5.32 Å². The smallest absolute Gasteiger partial charge is 0.246 e. The number of nitrogens with zero attached hydrogens (tertiary/aromatic N) is 4. The molecule has 0 radical (unpaired) electrons. The lowest BCUT2D eigenvalue weighted by atomic mass is 10.2. The Morgan fingerprint density at radius 3 is 2.46 bits per heavy atom. The van der Waals surface area contributed by atoms with E-state index in [-0.39, 0.29) is 18.4 Å². The van der Waals surface area contributed by atoms with Gasteiger partial charge in [0.25, 0.3) is 0 Å². The summed E-state index contributed by atoms with van der Waals surface area (Å²) in [5, 5.41) is 2.95. The summed E-state index contributed by atoms with van der Waals surface area (Å²) in [7, 11) is 0. The van der Waals surface area contributed by atoms with Crippen LogP contribution in [-0.2, 0) is 14.3 Å². The Morgan fingerprint density at radius 2 is 1.77 bits per heavy atom. The molecule has 1 aromatic heterocycles. The normalized spacial score (nSPS) is 14.0. The van der Waals surface area contributed by atoms with Gasteiger partial charge in [0.05, 0.1) is 25.5 Å². The van der Waals surface area contributed by atoms with Crippen molar-refractivity contribution in [1.29, 1.82) is 0 Å². The van der Waals surface area contributed by atoms with E-state index in [0.717, 1.165) is 42.1 Å². The summed E-state index contributed by atoms with van der Waals surface area (Å²) in [4.78, 5) is 34.3. The van der Waals surface area contributed by atoms with Gasteiger partial charge in [-0.05, 0) is 19.1 Å². The van der Waals surface area contributed by atoms with Gasteiger partial charge in [0.2, 0.25) is 17.8 Å². The summed E-state index contributed by atoms with van der Waals surface area (Å²) in [6, 6.07) is 17.9. The lowest BCUT2D eigenvalue weighted by Gasteiger charge is -2.29. The van der Waals surface area contributed by atoms with E-state index in [0.29, 0.717) is 32.1 Å². The number of aromatic nitrogens is 2. The van der Waals surface area contributed by atoms with Gasteiger partial charge in [-0.2, -0.15) is 0 Å². The zero-order chi connectivity index (χ0) is 24.6. The van der Waals surface area contributed by atoms with Crippen LogP contribution in [0.1, 0.15) is 18.9 Å². The van der Waals surface area contributed by atoms with Gasteiger partial charge in [-0.15, -0.1) is 0 Å². The van der Waals surface area contributed by atoms with E-state index in [1.165, 1.54) is 0 Å². The van der Waals surface area contributed by atoms with Crippen molar-refractivity contribution in [2.24, 2.45) is 0 Å². The lowest BCUT2D eigenvalue weighted by Crippen LogP contribution is -2.45. The molecule has 3 aromatic rings. The molecule has 35 heavy (non-hydrogen) atoms. The monoisotopic (exact) mass is 475 g/mol. The molecule has 1 aliphatic rings. The van der Waals surface area contributed by atoms with Gasteiger partial charge in [0.15, 0.2) is 0 Å². The van der Waals surface area contributed by atoms with E-state index in [1.54, 1.807) is 4.90 Å². The van der Waals surface area contributed by atoms with E-state index in [2.05, 4.69) is 10.2 Å². The fourth-order valence-corrected chi connectivity index (χ4v) is 4.06. The Bertz CT molecular complexity index is 1120. The van der Waals surface area contributed by atoms with Crippen molar-refractivity contribution >= 4 is 17.8 Å². The SMILES string of the molecule is CCC(=O)N(CCN1CCOCC1)CC(=O)Nc1nc(-c2ccccc2)cn1-c1ccc(C)cc1. The number of imidazole rings is 1. The molecule has 2 amide bonds. The second-order valence-corrected chi connectivity index (χ2v) is 8.69. The van der Waals surface area contributed by atoms with Crippen LogP contribution in [0.5, 0.6) is 0 Å². The van der Waals surface area contributed by atoms with Crippen molar-refractivity contribution < 1.29 is 14.3 Å². The molecule has 0 unspecified atom stereocenters. The highest BCUT2D eigenvalue weighted by atomic mass is 16.5. The van der Waals surface area contributed by atoms with Crippen LogP contribution in [0.4, 0.5) is 5.95 Å². The molecule has 0 spiro atoms. The van der Waals surface area contributed by atoms with Crippen LogP contribution in [-0.4, -0.2) is 77.1 Å². The van der Waals surface area contributed by atoms with Gasteiger partial charge >= 0.3 is 0 Å². The average Bonchev–Trinajstić information content (AvgIpc) is 3.31. The zero-order valence-corrected chi connectivity index (χ0v) is 20.4. The molecule has 8 heteroatoms. The minimum absolute atomic E-state index is 0.0154. The lowest BCUT2D eigenvalue weighted by molar-refractivity contribution is -0.134. The van der Waals surface area contributed by atoms with Crippen molar-refractivity contribution in [1.82, 2.24) is 19.4 Å². The van der Waals surface area contributed by atoms with Gasteiger partial charge in [-0.25, -0.2) is 4.98 Å². The number of benzene rings is 2. The quantitative estimate of drug-likeness (QED) is 0.513. The minimum atomic E-state index is -0.271. The first-order chi connectivity index (χ1) is 17.0. The first-order valence-electron chi connectivity index (χ1n) is 12.1. The maximum Gasteiger partial charge on any atom is 0.246 e. The van der Waals surface area contributed by atoms with Crippen LogP contribution in [0.3, 0.4) is 0 Å². The minimum Gasteiger partial charge on any atom is -0.379 e. The molecule has 1 fully saturated rings. The number of hydrogen-bond acceptors (Lipinski definition) is 5. The number of amides is 2. The fourth-order valence-electron chi connectivity index (χ4n) is 4.06. The Morgan fingerprint density at radius 1 is 1.06 bits per heavy atom. The van der Waals surface area contributed by atoms with Crippen LogP contribution >= 0.6 is 0 Å². The summed E-state index contributed by atoms with van der Waals surface area (Å²) >= 11 is 0. The van der Waals surface area contributed by atoms with Crippen LogP contribution in [0.15, 0.2) is 60.8 Å². The van der Waals surface area contributed by atoms with Gasteiger partial charge < -0.3 is 9.64 Å². The number of aryl methyl sites for hydroxylation is 1. The number of morpholine rings is 1. The van der Waals surface area contributed by atoms with E-state index in [9.17, 15) is 9.59 Å². The third kappa shape index (κ3) is 6.55. The summed E-state index contributed by atoms with van der Waals surface area (Å²) in [6.45, 7) is 8.15. The molecule has 0 saturated carbocycles. The van der Waals surface area contributed by atoms with Crippen molar-refractivity contribution in [3.63, 3.8) is 0 Å². The molecule has 2 heterocycles. The molecule has 1 aliphatic heterocycles. The van der Waals surface area contributed by atoms with E-state index >= 15 is 0 Å². The first-order valence-corrected chi connectivity index (χ1v) is 12.1. The Hall–Kier alpha value is -3.49. The molecule has 0 aliphatic carbocycles. The number of rotatable bonds is 9. The second-order valence-electron chi connectivity index (χ2n) is 8.69. The summed E-state index contributed by atoms with van der Waals surface area (Å²) in [5.41, 5.74) is 3.77. The molecule has 1 N–H and O–H groups in total. The molecule has 8 nitrogen and oxygen atoms in total. The van der Waals surface area contributed by atoms with Crippen LogP contribution in [0.2, 0.25) is 0 Å². The standard InChI is InChI=1S/C27H33N5O3/c1-3-26(34)31(14-13-30-15-17-35-18-16-30)20-25(33)29-27-28-24(22-7-5-4-6-8-22)19-32(27)23-11-9-21(2)10-12-23/h4-12,19H,3,13-18,20H2,1-2H3,(H,28,29,33). The molecule has 0 bridgehead atoms. The second kappa shape index (κ2) is 11.8. The Labute approximate surface area is 206 Å². The Balaban J connectivity index is 1.51. The van der Waals surface area contributed by atoms with Crippen molar-refractivity contribution in [2.75, 3.05) is 51.3 Å². The number of anilines is 1. The van der Waals surface area contributed by atoms with E-state index in [4.69, 9.17) is 9.72 Å². The predicted molar refractivity (Wildman–Crippen MR) is 136 cm³/mol. The molecular formula is C27H33N5O3. The van der Waals surface area contributed by atoms with Gasteiger partial charge in [0.1, 0.15) is 0 Å². The topological polar surface area (TPSA) is 79.7 Å². The molecule has 4 rings (SSSR count).